The normalized spacial score (nSPS) is 10.8. The van der Waals surface area contributed by atoms with Crippen LogP contribution in [0.4, 0.5) is 17.2 Å². The van der Waals surface area contributed by atoms with E-state index in [4.69, 9.17) is 0 Å². The van der Waals surface area contributed by atoms with Gasteiger partial charge in [0.1, 0.15) is 4.60 Å². The van der Waals surface area contributed by atoms with Crippen LogP contribution in [-0.4, -0.2) is 28.5 Å². The van der Waals surface area contributed by atoms with Gasteiger partial charge in [0.15, 0.2) is 11.5 Å². The summed E-state index contributed by atoms with van der Waals surface area (Å²) in [5.74, 6) is 0.731. The third-order valence-corrected chi connectivity index (χ3v) is 3.59. The lowest BCUT2D eigenvalue weighted by Crippen LogP contribution is -2.08. The minimum atomic E-state index is 0.731. The van der Waals surface area contributed by atoms with Crippen molar-refractivity contribution in [2.75, 3.05) is 24.3 Å². The molecular weight excluding hydrogens is 318 g/mol. The van der Waals surface area contributed by atoms with E-state index in [0.717, 1.165) is 27.4 Å². The summed E-state index contributed by atoms with van der Waals surface area (Å²) >= 11 is 3.46. The van der Waals surface area contributed by atoms with Crippen LogP contribution in [0.1, 0.15) is 0 Å². The van der Waals surface area contributed by atoms with Gasteiger partial charge in [-0.1, -0.05) is 6.07 Å². The van der Waals surface area contributed by atoms with Crippen molar-refractivity contribution in [3.63, 3.8) is 0 Å². The van der Waals surface area contributed by atoms with Gasteiger partial charge in [0.2, 0.25) is 0 Å². The van der Waals surface area contributed by atoms with Crippen LogP contribution in [0, 0.1) is 0 Å². The summed E-state index contributed by atoms with van der Waals surface area (Å²) in [7, 11) is 4.04. The molecule has 1 N–H and O–H groups in total. The van der Waals surface area contributed by atoms with E-state index in [1.807, 2.05) is 36.8 Å². The van der Waals surface area contributed by atoms with Crippen molar-refractivity contribution in [3.05, 3.63) is 47.5 Å². The molecular formula is C14H14BrN5. The Hall–Kier alpha value is -2.08. The number of halogens is 1. The van der Waals surface area contributed by atoms with Gasteiger partial charge in [-0.3, -0.25) is 4.40 Å². The Morgan fingerprint density at radius 3 is 2.90 bits per heavy atom. The van der Waals surface area contributed by atoms with Gasteiger partial charge in [-0.2, -0.15) is 0 Å². The molecule has 0 fully saturated rings. The number of fused-ring (bicyclic) bond motifs is 1. The second-order valence-electron chi connectivity index (χ2n) is 4.62. The third kappa shape index (κ3) is 2.34. The van der Waals surface area contributed by atoms with E-state index in [0.29, 0.717) is 0 Å². The first-order valence-corrected chi connectivity index (χ1v) is 6.96. The predicted octanol–water partition coefficient (Wildman–Crippen LogP) is 3.30. The molecule has 6 heteroatoms. The van der Waals surface area contributed by atoms with E-state index in [-0.39, 0.29) is 0 Å². The average molecular weight is 332 g/mol. The summed E-state index contributed by atoms with van der Waals surface area (Å²) in [5, 5.41) is 3.31. The predicted molar refractivity (Wildman–Crippen MR) is 84.7 cm³/mol. The van der Waals surface area contributed by atoms with E-state index in [1.165, 1.54) is 0 Å². The van der Waals surface area contributed by atoms with Crippen molar-refractivity contribution in [2.45, 2.75) is 0 Å². The SMILES string of the molecule is CN(C)c1cccc(Nc2nccn3c(Br)cnc23)c1. The highest BCUT2D eigenvalue weighted by atomic mass is 79.9. The number of nitrogens with one attached hydrogen (secondary N) is 1. The molecule has 0 amide bonds. The summed E-state index contributed by atoms with van der Waals surface area (Å²) in [4.78, 5) is 10.8. The first-order chi connectivity index (χ1) is 9.65. The molecule has 20 heavy (non-hydrogen) atoms. The quantitative estimate of drug-likeness (QED) is 0.799. The van der Waals surface area contributed by atoms with Crippen molar-refractivity contribution < 1.29 is 0 Å². The smallest absolute Gasteiger partial charge is 0.181 e. The van der Waals surface area contributed by atoms with Crippen molar-refractivity contribution in [2.24, 2.45) is 0 Å². The molecule has 2 heterocycles. The summed E-state index contributed by atoms with van der Waals surface area (Å²) in [6, 6.07) is 8.16. The lowest BCUT2D eigenvalue weighted by Gasteiger charge is -2.14. The number of hydrogen-bond donors (Lipinski definition) is 1. The maximum Gasteiger partial charge on any atom is 0.181 e. The van der Waals surface area contributed by atoms with Crippen LogP contribution in [-0.2, 0) is 0 Å². The number of imidazole rings is 1. The van der Waals surface area contributed by atoms with Crippen LogP contribution in [0.5, 0.6) is 0 Å². The van der Waals surface area contributed by atoms with E-state index in [1.54, 1.807) is 12.4 Å². The van der Waals surface area contributed by atoms with Crippen LogP contribution >= 0.6 is 15.9 Å². The minimum absolute atomic E-state index is 0.731. The molecule has 102 valence electrons. The highest BCUT2D eigenvalue weighted by molar-refractivity contribution is 9.10. The number of rotatable bonds is 3. The van der Waals surface area contributed by atoms with E-state index >= 15 is 0 Å². The number of anilines is 3. The Labute approximate surface area is 125 Å². The van der Waals surface area contributed by atoms with E-state index in [9.17, 15) is 0 Å². The maximum atomic E-state index is 4.36. The van der Waals surface area contributed by atoms with Crippen LogP contribution in [0.15, 0.2) is 47.5 Å². The summed E-state index contributed by atoms with van der Waals surface area (Å²) in [5.41, 5.74) is 2.90. The van der Waals surface area contributed by atoms with Crippen molar-refractivity contribution in [3.8, 4) is 0 Å². The van der Waals surface area contributed by atoms with Gasteiger partial charge in [0.05, 0.1) is 6.20 Å². The Balaban J connectivity index is 1.99. The Morgan fingerprint density at radius 2 is 2.10 bits per heavy atom. The van der Waals surface area contributed by atoms with Gasteiger partial charge in [0.25, 0.3) is 0 Å². The van der Waals surface area contributed by atoms with Gasteiger partial charge >= 0.3 is 0 Å². The number of aromatic nitrogens is 3. The second kappa shape index (κ2) is 5.13. The van der Waals surface area contributed by atoms with Gasteiger partial charge in [-0.15, -0.1) is 0 Å². The van der Waals surface area contributed by atoms with Crippen molar-refractivity contribution in [1.82, 2.24) is 14.4 Å². The fourth-order valence-corrected chi connectivity index (χ4v) is 2.36. The standard InChI is InChI=1S/C14H14BrN5/c1-19(2)11-5-3-4-10(8-11)18-13-14-17-9-12(15)20(14)7-6-16-13/h3-9H,1-2H3,(H,16,18). The minimum Gasteiger partial charge on any atom is -0.378 e. The van der Waals surface area contributed by atoms with Crippen LogP contribution in [0.25, 0.3) is 5.65 Å². The van der Waals surface area contributed by atoms with E-state index in [2.05, 4.69) is 48.2 Å². The van der Waals surface area contributed by atoms with Crippen molar-refractivity contribution >= 4 is 38.8 Å². The highest BCUT2D eigenvalue weighted by Gasteiger charge is 2.07. The first kappa shape index (κ1) is 12.9. The van der Waals surface area contributed by atoms with E-state index < -0.39 is 0 Å². The molecule has 2 aromatic heterocycles. The zero-order valence-electron chi connectivity index (χ0n) is 11.2. The Morgan fingerprint density at radius 1 is 1.25 bits per heavy atom. The lowest BCUT2D eigenvalue weighted by molar-refractivity contribution is 1.10. The highest BCUT2D eigenvalue weighted by Crippen LogP contribution is 2.24. The molecule has 3 rings (SSSR count). The summed E-state index contributed by atoms with van der Waals surface area (Å²) in [6.07, 6.45) is 5.38. The first-order valence-electron chi connectivity index (χ1n) is 6.17. The molecule has 0 saturated heterocycles. The van der Waals surface area contributed by atoms with Gasteiger partial charge in [-0.25, -0.2) is 9.97 Å². The maximum absolute atomic E-state index is 4.36. The lowest BCUT2D eigenvalue weighted by atomic mass is 10.2. The Bertz CT molecular complexity index is 750. The van der Waals surface area contributed by atoms with Gasteiger partial charge in [0, 0.05) is 37.9 Å². The van der Waals surface area contributed by atoms with Gasteiger partial charge in [-0.05, 0) is 34.1 Å². The topological polar surface area (TPSA) is 45.5 Å². The molecule has 0 aliphatic heterocycles. The Kier molecular flexibility index (Phi) is 3.31. The molecule has 0 aliphatic carbocycles. The second-order valence-corrected chi connectivity index (χ2v) is 5.43. The van der Waals surface area contributed by atoms with Crippen LogP contribution in [0.3, 0.4) is 0 Å². The largest absolute Gasteiger partial charge is 0.378 e. The molecule has 0 atom stereocenters. The zero-order valence-corrected chi connectivity index (χ0v) is 12.8. The number of hydrogen-bond acceptors (Lipinski definition) is 4. The van der Waals surface area contributed by atoms with Crippen LogP contribution in [0.2, 0.25) is 0 Å². The molecule has 0 bridgehead atoms. The third-order valence-electron chi connectivity index (χ3n) is 3.01. The molecule has 5 nitrogen and oxygen atoms in total. The average Bonchev–Trinajstić information content (AvgIpc) is 2.82. The monoisotopic (exact) mass is 331 g/mol. The van der Waals surface area contributed by atoms with Crippen LogP contribution < -0.4 is 10.2 Å². The molecule has 0 unspecified atom stereocenters. The molecule has 1 aromatic carbocycles. The molecule has 0 saturated carbocycles. The summed E-state index contributed by atoms with van der Waals surface area (Å²) in [6.45, 7) is 0. The molecule has 0 aliphatic rings. The fourth-order valence-electron chi connectivity index (χ4n) is 1.98. The molecule has 3 aromatic rings. The van der Waals surface area contributed by atoms with Gasteiger partial charge < -0.3 is 10.2 Å². The fraction of sp³-hybridized carbons (Fsp3) is 0.143. The molecule has 0 spiro atoms. The summed E-state index contributed by atoms with van der Waals surface area (Å²) < 4.78 is 2.84. The van der Waals surface area contributed by atoms with Crippen molar-refractivity contribution in [1.29, 1.82) is 0 Å². The number of benzene rings is 1. The molecule has 0 radical (unpaired) electrons. The number of nitrogens with zero attached hydrogens (tertiary/aromatic N) is 4. The zero-order chi connectivity index (χ0) is 14.1.